The molecule has 10 nitrogen and oxygen atoms in total. The predicted octanol–water partition coefficient (Wildman–Crippen LogP) is 4.77. The summed E-state index contributed by atoms with van der Waals surface area (Å²) in [7, 11) is 3.06. The molecule has 0 radical (unpaired) electrons. The summed E-state index contributed by atoms with van der Waals surface area (Å²) in [5.74, 6) is -0.0748. The van der Waals surface area contributed by atoms with E-state index in [-0.39, 0.29) is 34.8 Å². The van der Waals surface area contributed by atoms with Crippen molar-refractivity contribution in [3.63, 3.8) is 0 Å². The Morgan fingerprint density at radius 1 is 0.783 bits per heavy atom. The Hall–Kier alpha value is -5.64. The number of methoxy groups -OCH3 is 2. The van der Waals surface area contributed by atoms with Crippen molar-refractivity contribution in [2.45, 2.75) is 24.9 Å². The molecule has 5 N–H and O–H groups in total. The van der Waals surface area contributed by atoms with Crippen molar-refractivity contribution in [3.05, 3.63) is 113 Å². The summed E-state index contributed by atoms with van der Waals surface area (Å²) in [6.45, 7) is 0.737. The molecular weight excluding hydrogens is 588 g/mol. The lowest BCUT2D eigenvalue weighted by atomic mass is 9.89. The molecular formula is C36H36N2O8. The zero-order chi connectivity index (χ0) is 32.6. The standard InChI is InChI=1S/C36H36N2O8/c1-44-30-13-8-25(21-31(30)45-2)34-33(36(43)38-18-16-23-5-11-27(40)12-6-23)28-19-24(20-29(41)35(28)46-34)7-14-32(42)37-17-15-22-3-9-26(39)10-4-22/h3-14,19-21,33-34,39-41H,15-18H2,1-2H3,(H,37,42)(H,38,43)/b14-7+/t33-,34-/m1/s1. The van der Waals surface area contributed by atoms with Gasteiger partial charge in [-0.05, 0) is 89.7 Å². The second-order valence-corrected chi connectivity index (χ2v) is 10.8. The highest BCUT2D eigenvalue weighted by Gasteiger charge is 2.42. The van der Waals surface area contributed by atoms with Gasteiger partial charge in [0.25, 0.3) is 0 Å². The predicted molar refractivity (Wildman–Crippen MR) is 172 cm³/mol. The molecule has 10 heteroatoms. The van der Waals surface area contributed by atoms with Crippen LogP contribution < -0.4 is 24.8 Å². The van der Waals surface area contributed by atoms with E-state index in [0.717, 1.165) is 11.1 Å². The van der Waals surface area contributed by atoms with Crippen molar-refractivity contribution in [1.82, 2.24) is 10.6 Å². The van der Waals surface area contributed by atoms with Crippen LogP contribution in [0.2, 0.25) is 0 Å². The van der Waals surface area contributed by atoms with Crippen LogP contribution in [0.25, 0.3) is 6.08 Å². The lowest BCUT2D eigenvalue weighted by molar-refractivity contribution is -0.124. The number of phenolic OH excluding ortho intramolecular Hbond substituents is 3. The summed E-state index contributed by atoms with van der Waals surface area (Å²) >= 11 is 0. The number of benzene rings is 4. The van der Waals surface area contributed by atoms with Crippen molar-refractivity contribution < 1.29 is 39.1 Å². The molecule has 0 aromatic heterocycles. The second-order valence-electron chi connectivity index (χ2n) is 10.8. The molecule has 0 spiro atoms. The number of carbonyl (C=O) groups excluding carboxylic acids is 2. The number of hydrogen-bond acceptors (Lipinski definition) is 8. The summed E-state index contributed by atoms with van der Waals surface area (Å²) in [4.78, 5) is 26.3. The van der Waals surface area contributed by atoms with E-state index in [9.17, 15) is 24.9 Å². The molecule has 2 amide bonds. The molecule has 0 fully saturated rings. The number of ether oxygens (including phenoxy) is 3. The minimum atomic E-state index is -0.827. The number of rotatable bonds is 12. The minimum absolute atomic E-state index is 0.158. The summed E-state index contributed by atoms with van der Waals surface area (Å²) in [5, 5.41) is 35.8. The maximum Gasteiger partial charge on any atom is 0.244 e. The number of fused-ring (bicyclic) bond motifs is 1. The Bertz CT molecular complexity index is 1720. The Morgan fingerprint density at radius 2 is 1.39 bits per heavy atom. The first kappa shape index (κ1) is 31.8. The largest absolute Gasteiger partial charge is 0.508 e. The molecule has 2 atom stereocenters. The van der Waals surface area contributed by atoms with Crippen LogP contribution in [0.5, 0.6) is 34.5 Å². The molecule has 0 unspecified atom stereocenters. The maximum atomic E-state index is 13.8. The minimum Gasteiger partial charge on any atom is -0.508 e. The summed E-state index contributed by atoms with van der Waals surface area (Å²) in [5.41, 5.74) is 3.57. The Morgan fingerprint density at radius 3 is 2.00 bits per heavy atom. The quantitative estimate of drug-likeness (QED) is 0.142. The lowest BCUT2D eigenvalue weighted by Crippen LogP contribution is -2.33. The monoisotopic (exact) mass is 624 g/mol. The van der Waals surface area contributed by atoms with Gasteiger partial charge < -0.3 is 40.2 Å². The van der Waals surface area contributed by atoms with Crippen molar-refractivity contribution >= 4 is 17.9 Å². The Labute approximate surface area is 266 Å². The van der Waals surface area contributed by atoms with Crippen LogP contribution in [0.4, 0.5) is 0 Å². The molecule has 4 aromatic carbocycles. The molecule has 46 heavy (non-hydrogen) atoms. The number of aromatic hydroxyl groups is 3. The molecule has 0 aliphatic carbocycles. The van der Waals surface area contributed by atoms with E-state index in [1.807, 2.05) is 0 Å². The summed E-state index contributed by atoms with van der Waals surface area (Å²) < 4.78 is 17.1. The Kier molecular flexibility index (Phi) is 9.97. The maximum absolute atomic E-state index is 13.8. The van der Waals surface area contributed by atoms with Gasteiger partial charge in [0.15, 0.2) is 23.0 Å². The zero-order valence-corrected chi connectivity index (χ0v) is 25.5. The zero-order valence-electron chi connectivity index (χ0n) is 25.5. The summed E-state index contributed by atoms with van der Waals surface area (Å²) in [6.07, 6.45) is 3.30. The van der Waals surface area contributed by atoms with Gasteiger partial charge in [0.1, 0.15) is 23.5 Å². The molecule has 4 aromatic rings. The van der Waals surface area contributed by atoms with E-state index in [4.69, 9.17) is 14.2 Å². The van der Waals surface area contributed by atoms with Crippen LogP contribution in [0, 0.1) is 0 Å². The van der Waals surface area contributed by atoms with Gasteiger partial charge in [-0.3, -0.25) is 9.59 Å². The van der Waals surface area contributed by atoms with E-state index in [1.165, 1.54) is 26.4 Å². The van der Waals surface area contributed by atoms with Crippen molar-refractivity contribution in [1.29, 1.82) is 0 Å². The van der Waals surface area contributed by atoms with Gasteiger partial charge in [0.2, 0.25) is 11.8 Å². The van der Waals surface area contributed by atoms with E-state index < -0.39 is 12.0 Å². The van der Waals surface area contributed by atoms with Gasteiger partial charge in [-0.25, -0.2) is 0 Å². The highest BCUT2D eigenvalue weighted by molar-refractivity contribution is 5.92. The summed E-state index contributed by atoms with van der Waals surface area (Å²) in [6, 6.07) is 22.0. The SMILES string of the molecule is COc1ccc([C@H]2Oc3c(O)cc(/C=C/C(=O)NCCc4ccc(O)cc4)cc3[C@H]2C(=O)NCCc2ccc(O)cc2)cc1OC. The molecule has 238 valence electrons. The fraction of sp³-hybridized carbons (Fsp3) is 0.222. The first-order valence-electron chi connectivity index (χ1n) is 14.8. The number of carbonyl (C=O) groups is 2. The van der Waals surface area contributed by atoms with Crippen LogP contribution in [0.1, 0.15) is 39.8 Å². The molecule has 1 aliphatic rings. The molecule has 0 bridgehead atoms. The average Bonchev–Trinajstić information content (AvgIpc) is 3.45. The van der Waals surface area contributed by atoms with Gasteiger partial charge in [-0.1, -0.05) is 30.3 Å². The highest BCUT2D eigenvalue weighted by atomic mass is 16.5. The molecule has 5 rings (SSSR count). The second kappa shape index (κ2) is 14.4. The van der Waals surface area contributed by atoms with Crippen LogP contribution >= 0.6 is 0 Å². The van der Waals surface area contributed by atoms with Crippen LogP contribution in [0.15, 0.2) is 84.9 Å². The van der Waals surface area contributed by atoms with E-state index in [2.05, 4.69) is 10.6 Å². The van der Waals surface area contributed by atoms with Crippen LogP contribution in [-0.4, -0.2) is 54.4 Å². The smallest absolute Gasteiger partial charge is 0.244 e. The van der Waals surface area contributed by atoms with Gasteiger partial charge in [-0.2, -0.15) is 0 Å². The van der Waals surface area contributed by atoms with E-state index in [1.54, 1.807) is 78.9 Å². The van der Waals surface area contributed by atoms with Gasteiger partial charge >= 0.3 is 0 Å². The highest BCUT2D eigenvalue weighted by Crippen LogP contribution is 2.51. The first-order valence-corrected chi connectivity index (χ1v) is 14.8. The van der Waals surface area contributed by atoms with Gasteiger partial charge in [0.05, 0.1) is 14.2 Å². The molecule has 1 aliphatic heterocycles. The third-order valence-electron chi connectivity index (χ3n) is 7.75. The topological polar surface area (TPSA) is 147 Å². The van der Waals surface area contributed by atoms with E-state index >= 15 is 0 Å². The fourth-order valence-corrected chi connectivity index (χ4v) is 5.37. The first-order chi connectivity index (χ1) is 22.2. The van der Waals surface area contributed by atoms with E-state index in [0.29, 0.717) is 54.1 Å². The average molecular weight is 625 g/mol. The van der Waals surface area contributed by atoms with Crippen LogP contribution in [0.3, 0.4) is 0 Å². The number of phenols is 3. The van der Waals surface area contributed by atoms with Crippen molar-refractivity contribution in [3.8, 4) is 34.5 Å². The number of hydrogen-bond donors (Lipinski definition) is 5. The molecule has 1 heterocycles. The lowest BCUT2D eigenvalue weighted by Gasteiger charge is -2.20. The normalized spacial score (nSPS) is 15.2. The van der Waals surface area contributed by atoms with Gasteiger partial charge in [-0.15, -0.1) is 0 Å². The van der Waals surface area contributed by atoms with Crippen molar-refractivity contribution in [2.24, 2.45) is 0 Å². The number of amides is 2. The number of nitrogens with one attached hydrogen (secondary N) is 2. The molecule has 0 saturated carbocycles. The fourth-order valence-electron chi connectivity index (χ4n) is 5.37. The van der Waals surface area contributed by atoms with Crippen LogP contribution in [-0.2, 0) is 22.4 Å². The third kappa shape index (κ3) is 7.52. The molecule has 0 saturated heterocycles. The van der Waals surface area contributed by atoms with Gasteiger partial charge in [0, 0.05) is 24.7 Å². The Balaban J connectivity index is 1.35. The van der Waals surface area contributed by atoms with Crippen molar-refractivity contribution in [2.75, 3.05) is 27.3 Å². The third-order valence-corrected chi connectivity index (χ3v) is 7.75.